The smallest absolute Gasteiger partial charge is 0.0366 e. The third kappa shape index (κ3) is 4.51. The highest BCUT2D eigenvalue weighted by atomic mass is 15.1. The summed E-state index contributed by atoms with van der Waals surface area (Å²) < 4.78 is 0. The monoisotopic (exact) mass is 358 g/mol. The van der Waals surface area contributed by atoms with Crippen LogP contribution in [-0.2, 0) is 0 Å². The lowest BCUT2D eigenvalue weighted by Crippen LogP contribution is -2.21. The van der Waals surface area contributed by atoms with E-state index in [1.807, 2.05) is 0 Å². The normalized spacial score (nSPS) is 12.9. The Labute approximate surface area is 163 Å². The van der Waals surface area contributed by atoms with Crippen molar-refractivity contribution in [1.29, 1.82) is 0 Å². The number of allylic oxidation sites excluding steroid dienone is 5. The lowest BCUT2D eigenvalue weighted by atomic mass is 9.91. The minimum Gasteiger partial charge on any atom is -0.385 e. The van der Waals surface area contributed by atoms with E-state index in [0.717, 1.165) is 31.7 Å². The third-order valence-electron chi connectivity index (χ3n) is 4.99. The number of rotatable bonds is 7. The molecule has 0 aromatic heterocycles. The Kier molecular flexibility index (Phi) is 6.54. The molecule has 2 aromatic carbocycles. The van der Waals surface area contributed by atoms with Crippen molar-refractivity contribution in [3.63, 3.8) is 0 Å². The van der Waals surface area contributed by atoms with Crippen LogP contribution in [0.3, 0.4) is 0 Å². The molecule has 0 amide bonds. The van der Waals surface area contributed by atoms with Crippen LogP contribution >= 0.6 is 0 Å². The second-order valence-electron chi connectivity index (χ2n) is 6.70. The first-order valence-corrected chi connectivity index (χ1v) is 10.0. The van der Waals surface area contributed by atoms with Crippen LogP contribution in [0.2, 0.25) is 0 Å². The van der Waals surface area contributed by atoms with Gasteiger partial charge in [0.15, 0.2) is 0 Å². The Morgan fingerprint density at radius 2 is 1.37 bits per heavy atom. The first-order chi connectivity index (χ1) is 13.3. The largest absolute Gasteiger partial charge is 0.385 e. The van der Waals surface area contributed by atoms with Crippen LogP contribution in [0.4, 0.5) is 11.4 Å². The topological polar surface area (TPSA) is 15.3 Å². The van der Waals surface area contributed by atoms with Crippen molar-refractivity contribution in [2.24, 2.45) is 0 Å². The summed E-state index contributed by atoms with van der Waals surface area (Å²) in [4.78, 5) is 2.38. The molecular weight excluding hydrogens is 328 g/mol. The predicted molar refractivity (Wildman–Crippen MR) is 120 cm³/mol. The second-order valence-corrected chi connectivity index (χ2v) is 6.70. The molecule has 1 N–H and O–H groups in total. The lowest BCUT2D eigenvalue weighted by Gasteiger charge is -2.22. The molecule has 0 radical (unpaired) electrons. The molecule has 0 heterocycles. The van der Waals surface area contributed by atoms with Crippen LogP contribution in [0.25, 0.3) is 5.57 Å². The average Bonchev–Trinajstić information content (AvgIpc) is 2.72. The molecule has 0 fully saturated rings. The van der Waals surface area contributed by atoms with Gasteiger partial charge in [-0.3, -0.25) is 0 Å². The summed E-state index contributed by atoms with van der Waals surface area (Å²) >= 11 is 0. The molecule has 0 unspecified atom stereocenters. The second kappa shape index (κ2) is 9.27. The van der Waals surface area contributed by atoms with Gasteiger partial charge in [-0.15, -0.1) is 0 Å². The van der Waals surface area contributed by atoms with Crippen LogP contribution in [0.15, 0.2) is 78.4 Å². The highest BCUT2D eigenvalue weighted by molar-refractivity contribution is 5.86. The molecule has 1 aliphatic carbocycles. The molecule has 0 aliphatic heterocycles. The van der Waals surface area contributed by atoms with Crippen molar-refractivity contribution >= 4 is 16.9 Å². The Bertz CT molecular complexity index is 806. The van der Waals surface area contributed by atoms with Gasteiger partial charge >= 0.3 is 0 Å². The van der Waals surface area contributed by atoms with Gasteiger partial charge in [0.1, 0.15) is 0 Å². The predicted octanol–water partition coefficient (Wildman–Crippen LogP) is 6.28. The highest BCUT2D eigenvalue weighted by Gasteiger charge is 2.11. The number of nitrogens with one attached hydrogen (secondary N) is 1. The summed E-state index contributed by atoms with van der Waals surface area (Å²) in [6, 6.07) is 17.8. The Morgan fingerprint density at radius 3 is 1.89 bits per heavy atom. The molecule has 0 atom stereocenters. The first-order valence-electron chi connectivity index (χ1n) is 10.0. The van der Waals surface area contributed by atoms with Crippen molar-refractivity contribution in [1.82, 2.24) is 0 Å². The van der Waals surface area contributed by atoms with Gasteiger partial charge < -0.3 is 10.2 Å². The first kappa shape index (κ1) is 19.0. The molecule has 2 aromatic rings. The number of benzene rings is 2. The van der Waals surface area contributed by atoms with Gasteiger partial charge in [-0.2, -0.15) is 0 Å². The molecule has 1 aliphatic rings. The fourth-order valence-electron chi connectivity index (χ4n) is 3.58. The van der Waals surface area contributed by atoms with Crippen molar-refractivity contribution in [2.75, 3.05) is 29.9 Å². The number of hydrogen-bond donors (Lipinski definition) is 1. The summed E-state index contributed by atoms with van der Waals surface area (Å²) in [7, 11) is 0. The van der Waals surface area contributed by atoms with E-state index in [4.69, 9.17) is 0 Å². The Hall–Kier alpha value is -2.74. The maximum Gasteiger partial charge on any atom is 0.0366 e. The van der Waals surface area contributed by atoms with Gasteiger partial charge in [0.2, 0.25) is 0 Å². The molecule has 0 bridgehead atoms. The minimum absolute atomic E-state index is 0.936. The fraction of sp³-hybridized carbons (Fsp3) is 0.280. The summed E-state index contributed by atoms with van der Waals surface area (Å²) in [5, 5.41) is 3.38. The van der Waals surface area contributed by atoms with Gasteiger partial charge in [-0.1, -0.05) is 48.6 Å². The molecule has 0 saturated carbocycles. The van der Waals surface area contributed by atoms with Crippen molar-refractivity contribution in [2.45, 2.75) is 27.2 Å². The standard InChI is InChI=1S/C25H30N2/c1-4-26-23-16-12-21(13-17-23)25(20-10-8-7-9-11-20)22-14-18-24(19-15-22)27(5-2)6-3/h8-19,26H,4-7H2,1-3H3. The Balaban J connectivity index is 2.02. The molecule has 140 valence electrons. The van der Waals surface area contributed by atoms with Gasteiger partial charge in [0, 0.05) is 31.0 Å². The SMILES string of the molecule is CCNc1ccc(C(=C2C=CCC=C2)c2ccc(N(CC)CC)cc2)cc1. The highest BCUT2D eigenvalue weighted by Crippen LogP contribution is 2.31. The number of anilines is 2. The van der Waals surface area contributed by atoms with E-state index in [1.165, 1.54) is 28.0 Å². The van der Waals surface area contributed by atoms with Gasteiger partial charge in [-0.25, -0.2) is 0 Å². The molecule has 27 heavy (non-hydrogen) atoms. The zero-order valence-electron chi connectivity index (χ0n) is 16.7. The van der Waals surface area contributed by atoms with E-state index in [-0.39, 0.29) is 0 Å². The lowest BCUT2D eigenvalue weighted by molar-refractivity contribution is 0.866. The van der Waals surface area contributed by atoms with E-state index >= 15 is 0 Å². The summed E-state index contributed by atoms with van der Waals surface area (Å²) in [5.41, 5.74) is 7.51. The quantitative estimate of drug-likeness (QED) is 0.626. The molecule has 3 rings (SSSR count). The molecule has 2 heteroatoms. The maximum atomic E-state index is 3.38. The van der Waals surface area contributed by atoms with Crippen molar-refractivity contribution in [3.8, 4) is 0 Å². The van der Waals surface area contributed by atoms with Crippen LogP contribution in [0, 0.1) is 0 Å². The average molecular weight is 359 g/mol. The van der Waals surface area contributed by atoms with E-state index in [0.29, 0.717) is 0 Å². The molecule has 0 saturated heterocycles. The summed E-state index contributed by atoms with van der Waals surface area (Å²) in [6.45, 7) is 9.52. The molecular formula is C25H30N2. The number of hydrogen-bond acceptors (Lipinski definition) is 2. The zero-order valence-corrected chi connectivity index (χ0v) is 16.7. The van der Waals surface area contributed by atoms with Crippen LogP contribution in [0.1, 0.15) is 38.3 Å². The van der Waals surface area contributed by atoms with Gasteiger partial charge in [-0.05, 0) is 73.7 Å². The summed E-state index contributed by atoms with van der Waals surface area (Å²) in [5.74, 6) is 0. The van der Waals surface area contributed by atoms with Crippen LogP contribution < -0.4 is 10.2 Å². The van der Waals surface area contributed by atoms with Crippen LogP contribution in [0.5, 0.6) is 0 Å². The maximum absolute atomic E-state index is 3.38. The van der Waals surface area contributed by atoms with Gasteiger partial charge in [0.25, 0.3) is 0 Å². The summed E-state index contributed by atoms with van der Waals surface area (Å²) in [6.07, 6.45) is 9.95. The third-order valence-corrected chi connectivity index (χ3v) is 4.99. The van der Waals surface area contributed by atoms with Crippen molar-refractivity contribution < 1.29 is 0 Å². The van der Waals surface area contributed by atoms with Gasteiger partial charge in [0.05, 0.1) is 0 Å². The van der Waals surface area contributed by atoms with Crippen LogP contribution in [-0.4, -0.2) is 19.6 Å². The Morgan fingerprint density at radius 1 is 0.815 bits per heavy atom. The van der Waals surface area contributed by atoms with E-state index in [2.05, 4.69) is 104 Å². The fourth-order valence-corrected chi connectivity index (χ4v) is 3.58. The molecule has 2 nitrogen and oxygen atoms in total. The minimum atomic E-state index is 0.936. The van der Waals surface area contributed by atoms with E-state index in [9.17, 15) is 0 Å². The van der Waals surface area contributed by atoms with Crippen molar-refractivity contribution in [3.05, 3.63) is 89.5 Å². The van der Waals surface area contributed by atoms with E-state index in [1.54, 1.807) is 0 Å². The molecule has 0 spiro atoms. The number of nitrogens with zero attached hydrogens (tertiary/aromatic N) is 1. The van der Waals surface area contributed by atoms with E-state index < -0.39 is 0 Å². The zero-order chi connectivity index (χ0) is 19.1.